The van der Waals surface area contributed by atoms with Gasteiger partial charge in [0.1, 0.15) is 5.82 Å². The first-order valence-corrected chi connectivity index (χ1v) is 7.76. The molecule has 2 aromatic rings. The Kier molecular flexibility index (Phi) is 6.08. The van der Waals surface area contributed by atoms with Crippen LogP contribution in [0.4, 0.5) is 9.18 Å². The first-order valence-electron chi connectivity index (χ1n) is 7.76. The average molecular weight is 344 g/mol. The summed E-state index contributed by atoms with van der Waals surface area (Å²) in [5, 5.41) is 18.4. The van der Waals surface area contributed by atoms with Crippen molar-refractivity contribution in [2.45, 2.75) is 12.6 Å². The van der Waals surface area contributed by atoms with Gasteiger partial charge in [0.25, 0.3) is 0 Å². The molecule has 0 aliphatic rings. The average Bonchev–Trinajstić information content (AvgIpc) is 3.00. The van der Waals surface area contributed by atoms with Crippen molar-refractivity contribution in [2.24, 2.45) is 7.05 Å². The SMILES string of the molecule is CN(C)C(CNC(=O)NCc1cc(C#N)ccc1F)c1cnn(C)c1. The van der Waals surface area contributed by atoms with Gasteiger partial charge in [0, 0.05) is 37.5 Å². The number of hydrogen-bond donors (Lipinski definition) is 2. The Labute approximate surface area is 146 Å². The van der Waals surface area contributed by atoms with E-state index in [0.29, 0.717) is 12.1 Å². The van der Waals surface area contributed by atoms with Crippen molar-refractivity contribution in [2.75, 3.05) is 20.6 Å². The Bertz CT molecular complexity index is 780. The second kappa shape index (κ2) is 8.26. The smallest absolute Gasteiger partial charge is 0.315 e. The fraction of sp³-hybridized carbons (Fsp3) is 0.353. The minimum atomic E-state index is -0.458. The van der Waals surface area contributed by atoms with Crippen LogP contribution in [0.1, 0.15) is 22.7 Å². The number of rotatable bonds is 6. The van der Waals surface area contributed by atoms with Crippen molar-refractivity contribution in [1.29, 1.82) is 5.26 Å². The van der Waals surface area contributed by atoms with Crippen LogP contribution in [0, 0.1) is 17.1 Å². The highest BCUT2D eigenvalue weighted by Gasteiger charge is 2.17. The zero-order valence-electron chi connectivity index (χ0n) is 14.5. The Morgan fingerprint density at radius 2 is 2.20 bits per heavy atom. The third-order valence-corrected chi connectivity index (χ3v) is 3.80. The number of benzene rings is 1. The van der Waals surface area contributed by atoms with Crippen molar-refractivity contribution >= 4 is 6.03 Å². The summed E-state index contributed by atoms with van der Waals surface area (Å²) >= 11 is 0. The topological polar surface area (TPSA) is 86.0 Å². The van der Waals surface area contributed by atoms with Crippen LogP contribution in [0.25, 0.3) is 0 Å². The van der Waals surface area contributed by atoms with E-state index in [0.717, 1.165) is 5.56 Å². The standard InChI is InChI=1S/C17H21FN6O/c1-23(2)16(14-9-22-24(3)11-14)10-21-17(25)20-8-13-6-12(7-19)4-5-15(13)18/h4-6,9,11,16H,8,10H2,1-3H3,(H2,20,21,25). The summed E-state index contributed by atoms with van der Waals surface area (Å²) in [6, 6.07) is 5.55. The first-order chi connectivity index (χ1) is 11.9. The van der Waals surface area contributed by atoms with Gasteiger partial charge in [-0.25, -0.2) is 9.18 Å². The van der Waals surface area contributed by atoms with Crippen LogP contribution in [0.5, 0.6) is 0 Å². The highest BCUT2D eigenvalue weighted by atomic mass is 19.1. The summed E-state index contributed by atoms with van der Waals surface area (Å²) in [6.07, 6.45) is 3.65. The molecule has 1 unspecified atom stereocenters. The van der Waals surface area contributed by atoms with Gasteiger partial charge in [-0.05, 0) is 32.3 Å². The lowest BCUT2D eigenvalue weighted by Crippen LogP contribution is -2.40. The van der Waals surface area contributed by atoms with Crippen LogP contribution < -0.4 is 10.6 Å². The number of aromatic nitrogens is 2. The molecule has 2 N–H and O–H groups in total. The number of carbonyl (C=O) groups excluding carboxylic acids is 1. The van der Waals surface area contributed by atoms with Crippen LogP contribution in [0.3, 0.4) is 0 Å². The number of nitrogens with one attached hydrogen (secondary N) is 2. The van der Waals surface area contributed by atoms with E-state index in [2.05, 4.69) is 15.7 Å². The molecule has 0 saturated carbocycles. The monoisotopic (exact) mass is 344 g/mol. The molecule has 1 aromatic carbocycles. The highest BCUT2D eigenvalue weighted by molar-refractivity contribution is 5.73. The van der Waals surface area contributed by atoms with Crippen molar-refractivity contribution in [3.8, 4) is 6.07 Å². The third kappa shape index (κ3) is 5.02. The number of likely N-dealkylation sites (N-methyl/N-ethyl adjacent to an activating group) is 1. The Hall–Kier alpha value is -2.92. The molecule has 2 amide bonds. The van der Waals surface area contributed by atoms with Gasteiger partial charge in [-0.1, -0.05) is 0 Å². The molecular formula is C17H21FN6O. The summed E-state index contributed by atoms with van der Waals surface area (Å²) in [7, 11) is 5.67. The predicted octanol–water partition coefficient (Wildman–Crippen LogP) is 1.53. The van der Waals surface area contributed by atoms with Gasteiger partial charge in [0.2, 0.25) is 0 Å². The molecule has 1 atom stereocenters. The molecule has 8 heteroatoms. The number of urea groups is 1. The van der Waals surface area contributed by atoms with Crippen LogP contribution in [0.2, 0.25) is 0 Å². The molecule has 1 heterocycles. The maximum absolute atomic E-state index is 13.7. The molecule has 0 fully saturated rings. The van der Waals surface area contributed by atoms with Crippen molar-refractivity contribution in [3.05, 3.63) is 53.1 Å². The number of aryl methyl sites for hydroxylation is 1. The van der Waals surface area contributed by atoms with E-state index >= 15 is 0 Å². The highest BCUT2D eigenvalue weighted by Crippen LogP contribution is 2.16. The number of carbonyl (C=O) groups is 1. The summed E-state index contributed by atoms with van der Waals surface area (Å²) < 4.78 is 15.4. The molecule has 0 spiro atoms. The van der Waals surface area contributed by atoms with E-state index in [1.807, 2.05) is 38.3 Å². The molecule has 25 heavy (non-hydrogen) atoms. The van der Waals surface area contributed by atoms with Gasteiger partial charge < -0.3 is 15.5 Å². The number of nitrogens with zero attached hydrogens (tertiary/aromatic N) is 4. The minimum absolute atomic E-state index is 0.00666. The zero-order chi connectivity index (χ0) is 18.4. The zero-order valence-corrected chi connectivity index (χ0v) is 14.5. The van der Waals surface area contributed by atoms with Crippen molar-refractivity contribution < 1.29 is 9.18 Å². The van der Waals surface area contributed by atoms with Gasteiger partial charge >= 0.3 is 6.03 Å². The molecule has 7 nitrogen and oxygen atoms in total. The lowest BCUT2D eigenvalue weighted by molar-refractivity contribution is 0.232. The Balaban J connectivity index is 1.90. The van der Waals surface area contributed by atoms with Crippen molar-refractivity contribution in [1.82, 2.24) is 25.3 Å². The normalized spacial score (nSPS) is 11.8. The van der Waals surface area contributed by atoms with Crippen LogP contribution >= 0.6 is 0 Å². The quantitative estimate of drug-likeness (QED) is 0.832. The van der Waals surface area contributed by atoms with Crippen LogP contribution in [-0.4, -0.2) is 41.4 Å². The molecule has 1 aromatic heterocycles. The molecule has 0 bridgehead atoms. The maximum atomic E-state index is 13.7. The Morgan fingerprint density at radius 3 is 2.80 bits per heavy atom. The summed E-state index contributed by atoms with van der Waals surface area (Å²) in [6.45, 7) is 0.387. The summed E-state index contributed by atoms with van der Waals surface area (Å²) in [5.74, 6) is -0.458. The molecule has 0 aliphatic carbocycles. The van der Waals surface area contributed by atoms with Gasteiger partial charge in [0.05, 0.1) is 23.9 Å². The molecule has 2 rings (SSSR count). The lowest BCUT2D eigenvalue weighted by Gasteiger charge is -2.23. The van der Waals surface area contributed by atoms with E-state index in [4.69, 9.17) is 5.26 Å². The fourth-order valence-electron chi connectivity index (χ4n) is 2.42. The second-order valence-corrected chi connectivity index (χ2v) is 5.91. The lowest BCUT2D eigenvalue weighted by atomic mass is 10.1. The minimum Gasteiger partial charge on any atom is -0.336 e. The molecule has 0 saturated heterocycles. The molecule has 0 aliphatic heterocycles. The van der Waals surface area contributed by atoms with Gasteiger partial charge in [-0.15, -0.1) is 0 Å². The number of nitriles is 1. The molecule has 132 valence electrons. The number of hydrogen-bond acceptors (Lipinski definition) is 4. The number of amides is 2. The van der Waals surface area contributed by atoms with Gasteiger partial charge in [-0.2, -0.15) is 10.4 Å². The fourth-order valence-corrected chi connectivity index (χ4v) is 2.42. The summed E-state index contributed by atoms with van der Waals surface area (Å²) in [5.41, 5.74) is 1.61. The second-order valence-electron chi connectivity index (χ2n) is 5.91. The van der Waals surface area contributed by atoms with Crippen LogP contribution in [0.15, 0.2) is 30.6 Å². The maximum Gasteiger partial charge on any atom is 0.315 e. The van der Waals surface area contributed by atoms with Crippen LogP contribution in [-0.2, 0) is 13.6 Å². The summed E-state index contributed by atoms with van der Waals surface area (Å²) in [4.78, 5) is 14.0. The van der Waals surface area contributed by atoms with Gasteiger partial charge in [0.15, 0.2) is 0 Å². The largest absolute Gasteiger partial charge is 0.336 e. The predicted molar refractivity (Wildman–Crippen MR) is 91.0 cm³/mol. The third-order valence-electron chi connectivity index (χ3n) is 3.80. The van der Waals surface area contributed by atoms with E-state index < -0.39 is 11.8 Å². The van der Waals surface area contributed by atoms with Gasteiger partial charge in [-0.3, -0.25) is 4.68 Å². The first kappa shape index (κ1) is 18.4. The number of halogens is 1. The van der Waals surface area contributed by atoms with E-state index in [9.17, 15) is 9.18 Å². The van der Waals surface area contributed by atoms with E-state index in [1.165, 1.54) is 18.2 Å². The van der Waals surface area contributed by atoms with E-state index in [1.54, 1.807) is 10.9 Å². The van der Waals surface area contributed by atoms with Crippen molar-refractivity contribution in [3.63, 3.8) is 0 Å². The molecular weight excluding hydrogens is 323 g/mol. The Morgan fingerprint density at radius 1 is 1.44 bits per heavy atom. The van der Waals surface area contributed by atoms with E-state index in [-0.39, 0.29) is 18.2 Å². The molecule has 0 radical (unpaired) electrons.